The topological polar surface area (TPSA) is 4.93 Å². The summed E-state index contributed by atoms with van der Waals surface area (Å²) in [5, 5.41) is 0. The van der Waals surface area contributed by atoms with Gasteiger partial charge in [0.05, 0.1) is 0 Å². The van der Waals surface area contributed by atoms with Gasteiger partial charge in [-0.3, -0.25) is 0 Å². The first-order chi connectivity index (χ1) is 7.21. The maximum absolute atomic E-state index is 3.88. The molecule has 15 heavy (non-hydrogen) atoms. The lowest BCUT2D eigenvalue weighted by atomic mass is 10.1. The molecule has 0 aromatic carbocycles. The molecular formula is C14H19N. The normalized spacial score (nSPS) is 10.9. The smallest absolute Gasteiger partial charge is 0.0484 e. The van der Waals surface area contributed by atoms with E-state index in [1.165, 1.54) is 22.5 Å². The maximum atomic E-state index is 3.88. The number of aromatic nitrogens is 1. The molecule has 0 atom stereocenters. The number of hydrogen-bond acceptors (Lipinski definition) is 0. The Morgan fingerprint density at radius 3 is 2.27 bits per heavy atom. The van der Waals surface area contributed by atoms with Gasteiger partial charge in [-0.1, -0.05) is 25.3 Å². The van der Waals surface area contributed by atoms with Crippen molar-refractivity contribution in [1.82, 2.24) is 4.57 Å². The van der Waals surface area contributed by atoms with Crippen molar-refractivity contribution in [2.45, 2.75) is 27.3 Å². The summed E-state index contributed by atoms with van der Waals surface area (Å²) >= 11 is 0. The average Bonchev–Trinajstić information content (AvgIpc) is 2.50. The number of nitrogens with zero attached hydrogens (tertiary/aromatic N) is 1. The van der Waals surface area contributed by atoms with Crippen molar-refractivity contribution < 1.29 is 0 Å². The highest BCUT2D eigenvalue weighted by Crippen LogP contribution is 2.25. The molecule has 0 saturated heterocycles. The Morgan fingerprint density at radius 1 is 1.20 bits per heavy atom. The van der Waals surface area contributed by atoms with E-state index in [0.717, 1.165) is 6.54 Å². The van der Waals surface area contributed by atoms with E-state index in [-0.39, 0.29) is 0 Å². The van der Waals surface area contributed by atoms with Gasteiger partial charge in [-0.15, -0.1) is 0 Å². The molecule has 1 rings (SSSR count). The Kier molecular flexibility index (Phi) is 3.73. The third kappa shape index (κ3) is 1.82. The molecule has 1 heterocycles. The molecule has 1 aromatic rings. The predicted octanol–water partition coefficient (Wildman–Crippen LogP) is 4.14. The van der Waals surface area contributed by atoms with Gasteiger partial charge >= 0.3 is 0 Å². The van der Waals surface area contributed by atoms with Crippen LogP contribution < -0.4 is 0 Å². The summed E-state index contributed by atoms with van der Waals surface area (Å²) in [5.41, 5.74) is 4.89. The molecule has 0 radical (unpaired) electrons. The van der Waals surface area contributed by atoms with Crippen LogP contribution in [0.4, 0.5) is 0 Å². The van der Waals surface area contributed by atoms with E-state index in [1.54, 1.807) is 0 Å². The van der Waals surface area contributed by atoms with Gasteiger partial charge in [0.2, 0.25) is 0 Å². The van der Waals surface area contributed by atoms with Gasteiger partial charge in [-0.25, -0.2) is 0 Å². The van der Waals surface area contributed by atoms with Crippen molar-refractivity contribution in [1.29, 1.82) is 0 Å². The minimum absolute atomic E-state index is 0.954. The van der Waals surface area contributed by atoms with Crippen LogP contribution >= 0.6 is 0 Å². The molecule has 0 bridgehead atoms. The van der Waals surface area contributed by atoms with Crippen LogP contribution in [0, 0.1) is 6.92 Å². The first-order valence-corrected chi connectivity index (χ1v) is 5.31. The lowest BCUT2D eigenvalue weighted by Crippen LogP contribution is -1.99. The molecular weight excluding hydrogens is 182 g/mol. The van der Waals surface area contributed by atoms with Crippen LogP contribution in [0.1, 0.15) is 36.4 Å². The van der Waals surface area contributed by atoms with Gasteiger partial charge in [0.15, 0.2) is 0 Å². The van der Waals surface area contributed by atoms with Crippen LogP contribution in [0.15, 0.2) is 19.2 Å². The summed E-state index contributed by atoms with van der Waals surface area (Å²) in [4.78, 5) is 0. The zero-order valence-electron chi connectivity index (χ0n) is 9.88. The third-order valence-electron chi connectivity index (χ3n) is 2.68. The van der Waals surface area contributed by atoms with Crippen molar-refractivity contribution >= 4 is 18.2 Å². The fourth-order valence-electron chi connectivity index (χ4n) is 2.01. The van der Waals surface area contributed by atoms with E-state index < -0.39 is 0 Å². The first-order valence-electron chi connectivity index (χ1n) is 5.31. The van der Waals surface area contributed by atoms with Crippen LogP contribution in [0.25, 0.3) is 18.2 Å². The van der Waals surface area contributed by atoms with Crippen LogP contribution in [-0.4, -0.2) is 4.57 Å². The number of allylic oxidation sites excluding steroid dienone is 1. The molecule has 1 aromatic heterocycles. The zero-order chi connectivity index (χ0) is 11.4. The molecule has 1 nitrogen and oxygen atoms in total. The van der Waals surface area contributed by atoms with Gasteiger partial charge in [-0.2, -0.15) is 0 Å². The Morgan fingerprint density at radius 2 is 1.87 bits per heavy atom. The largest absolute Gasteiger partial charge is 0.341 e. The SMILES string of the molecule is C=Cc1c(C)c(C=C)n(CC)c1/C=C\C. The summed E-state index contributed by atoms with van der Waals surface area (Å²) in [6.45, 7) is 15.0. The highest BCUT2D eigenvalue weighted by atomic mass is 15.0. The summed E-state index contributed by atoms with van der Waals surface area (Å²) < 4.78 is 2.26. The quantitative estimate of drug-likeness (QED) is 0.690. The second-order valence-corrected chi connectivity index (χ2v) is 3.46. The predicted molar refractivity (Wildman–Crippen MR) is 69.7 cm³/mol. The lowest BCUT2D eigenvalue weighted by molar-refractivity contribution is 0.752. The summed E-state index contributed by atoms with van der Waals surface area (Å²) in [5.74, 6) is 0. The zero-order valence-corrected chi connectivity index (χ0v) is 9.88. The third-order valence-corrected chi connectivity index (χ3v) is 2.68. The van der Waals surface area contributed by atoms with Crippen LogP contribution in [0.5, 0.6) is 0 Å². The molecule has 0 aliphatic heterocycles. The second-order valence-electron chi connectivity index (χ2n) is 3.46. The van der Waals surface area contributed by atoms with Crippen LogP contribution in [0.3, 0.4) is 0 Å². The summed E-state index contributed by atoms with van der Waals surface area (Å²) in [6, 6.07) is 0. The van der Waals surface area contributed by atoms with Gasteiger partial charge in [0, 0.05) is 23.5 Å². The highest BCUT2D eigenvalue weighted by molar-refractivity contribution is 5.71. The van der Waals surface area contributed by atoms with E-state index in [0.29, 0.717) is 0 Å². The summed E-state index contributed by atoms with van der Waals surface area (Å²) in [6.07, 6.45) is 8.02. The lowest BCUT2D eigenvalue weighted by Gasteiger charge is -2.06. The molecule has 0 amide bonds. The highest BCUT2D eigenvalue weighted by Gasteiger charge is 2.12. The standard InChI is InChI=1S/C14H19N/c1-6-10-14-12(7-2)11(5)13(8-3)15(14)9-4/h6-8,10H,2-3,9H2,1,4-5H3/b10-6-. The minimum atomic E-state index is 0.954. The maximum Gasteiger partial charge on any atom is 0.0484 e. The van der Waals surface area contributed by atoms with Crippen molar-refractivity contribution in [2.24, 2.45) is 0 Å². The summed E-state index contributed by atoms with van der Waals surface area (Å²) in [7, 11) is 0. The van der Waals surface area contributed by atoms with E-state index >= 15 is 0 Å². The molecule has 0 spiro atoms. The fourth-order valence-corrected chi connectivity index (χ4v) is 2.01. The molecule has 1 heteroatoms. The van der Waals surface area contributed by atoms with Crippen LogP contribution in [-0.2, 0) is 6.54 Å². The van der Waals surface area contributed by atoms with E-state index in [1.807, 2.05) is 19.1 Å². The number of hydrogen-bond donors (Lipinski definition) is 0. The molecule has 0 saturated carbocycles. The Hall–Kier alpha value is -1.50. The van der Waals surface area contributed by atoms with E-state index in [2.05, 4.69) is 43.7 Å². The van der Waals surface area contributed by atoms with Gasteiger partial charge in [0.25, 0.3) is 0 Å². The fraction of sp³-hybridized carbons (Fsp3) is 0.286. The molecule has 0 N–H and O–H groups in total. The Bertz CT molecular complexity index is 405. The van der Waals surface area contributed by atoms with Crippen molar-refractivity contribution in [3.63, 3.8) is 0 Å². The Labute approximate surface area is 92.4 Å². The monoisotopic (exact) mass is 201 g/mol. The van der Waals surface area contributed by atoms with Crippen LogP contribution in [0.2, 0.25) is 0 Å². The first kappa shape index (κ1) is 11.6. The Balaban J connectivity index is 3.58. The van der Waals surface area contributed by atoms with Gasteiger partial charge in [0.1, 0.15) is 0 Å². The molecule has 0 aliphatic carbocycles. The van der Waals surface area contributed by atoms with E-state index in [4.69, 9.17) is 0 Å². The minimum Gasteiger partial charge on any atom is -0.341 e. The molecule has 0 aliphatic rings. The van der Waals surface area contributed by atoms with Gasteiger partial charge < -0.3 is 4.57 Å². The molecule has 80 valence electrons. The van der Waals surface area contributed by atoms with Crippen molar-refractivity contribution in [3.8, 4) is 0 Å². The molecule has 0 fully saturated rings. The van der Waals surface area contributed by atoms with Crippen molar-refractivity contribution in [2.75, 3.05) is 0 Å². The van der Waals surface area contributed by atoms with E-state index in [9.17, 15) is 0 Å². The average molecular weight is 201 g/mol. The van der Waals surface area contributed by atoms with Gasteiger partial charge in [-0.05, 0) is 38.5 Å². The second kappa shape index (κ2) is 4.83. The molecule has 0 unspecified atom stereocenters. The number of rotatable bonds is 4. The van der Waals surface area contributed by atoms with Crippen molar-refractivity contribution in [3.05, 3.63) is 41.7 Å².